The fourth-order valence-electron chi connectivity index (χ4n) is 0.966. The van der Waals surface area contributed by atoms with Crippen molar-refractivity contribution in [1.82, 2.24) is 9.78 Å². The second-order valence-electron chi connectivity index (χ2n) is 2.34. The molecule has 2 heterocycles. The van der Waals surface area contributed by atoms with Crippen LogP contribution in [0.4, 0.5) is 0 Å². The van der Waals surface area contributed by atoms with E-state index in [0.717, 1.165) is 16.9 Å². The normalized spacial score (nSPS) is 23.2. The Hall–Kier alpha value is -0.350. The van der Waals surface area contributed by atoms with Crippen molar-refractivity contribution < 1.29 is 4.74 Å². The van der Waals surface area contributed by atoms with Crippen molar-refractivity contribution in [3.05, 3.63) is 16.4 Å². The highest BCUT2D eigenvalue weighted by Gasteiger charge is 2.28. The Bertz CT molecular complexity index is 254. The fraction of sp³-hybridized carbons (Fsp3) is 0.500. The molecule has 0 N–H and O–H groups in total. The topological polar surface area (TPSA) is 30.4 Å². The molecule has 0 amide bonds. The van der Waals surface area contributed by atoms with Crippen molar-refractivity contribution in [2.24, 2.45) is 7.05 Å². The van der Waals surface area contributed by atoms with Crippen LogP contribution in [0.25, 0.3) is 0 Å². The Kier molecular flexibility index (Phi) is 1.32. The molecule has 3 nitrogen and oxygen atoms in total. The van der Waals surface area contributed by atoms with Crippen LogP contribution < -0.4 is 0 Å². The largest absolute Gasteiger partial charge is 0.366 e. The van der Waals surface area contributed by atoms with Crippen LogP contribution in [0.3, 0.4) is 0 Å². The maximum atomic E-state index is 5.11. The molecule has 0 unspecified atom stereocenters. The van der Waals surface area contributed by atoms with E-state index in [0.29, 0.717) is 6.10 Å². The first-order valence-corrected chi connectivity index (χ1v) is 3.88. The third-order valence-electron chi connectivity index (χ3n) is 1.55. The zero-order valence-electron chi connectivity index (χ0n) is 5.54. The Morgan fingerprint density at radius 3 is 3.00 bits per heavy atom. The summed E-state index contributed by atoms with van der Waals surface area (Å²) in [6.45, 7) is 0.839. The molecule has 4 heteroatoms. The van der Waals surface area contributed by atoms with Gasteiger partial charge in [-0.15, -0.1) is 0 Å². The van der Waals surface area contributed by atoms with E-state index in [-0.39, 0.29) is 0 Å². The average molecular weight is 203 g/mol. The molecule has 2 rings (SSSR count). The van der Waals surface area contributed by atoms with Crippen molar-refractivity contribution in [3.63, 3.8) is 0 Å². The minimum Gasteiger partial charge on any atom is -0.366 e. The number of halogens is 1. The molecule has 0 aliphatic carbocycles. The number of epoxide rings is 1. The molecule has 0 aromatic carbocycles. The molecule has 1 aromatic rings. The zero-order chi connectivity index (χ0) is 7.14. The number of hydrogen-bond acceptors (Lipinski definition) is 2. The van der Waals surface area contributed by atoms with Crippen molar-refractivity contribution in [2.75, 3.05) is 6.61 Å². The summed E-state index contributed by atoms with van der Waals surface area (Å²) in [6, 6.07) is 1.98. The quantitative estimate of drug-likeness (QED) is 0.643. The van der Waals surface area contributed by atoms with E-state index in [1.807, 2.05) is 17.8 Å². The van der Waals surface area contributed by atoms with E-state index in [4.69, 9.17) is 4.74 Å². The molecule has 1 fully saturated rings. The van der Waals surface area contributed by atoms with Crippen LogP contribution in [0.2, 0.25) is 0 Å². The molecule has 0 saturated carbocycles. The van der Waals surface area contributed by atoms with E-state index < -0.39 is 0 Å². The maximum Gasteiger partial charge on any atom is 0.128 e. The van der Waals surface area contributed by atoms with Crippen LogP contribution in [0.1, 0.15) is 11.8 Å². The minimum absolute atomic E-state index is 0.295. The molecule has 1 atom stereocenters. The summed E-state index contributed by atoms with van der Waals surface area (Å²) >= 11 is 3.29. The lowest BCUT2D eigenvalue weighted by Gasteiger charge is -1.92. The van der Waals surface area contributed by atoms with E-state index >= 15 is 0 Å². The number of ether oxygens (including phenoxy) is 1. The van der Waals surface area contributed by atoms with Crippen molar-refractivity contribution in [3.8, 4) is 0 Å². The molecule has 1 aliphatic rings. The van der Waals surface area contributed by atoms with Gasteiger partial charge in [0.25, 0.3) is 0 Å². The van der Waals surface area contributed by atoms with E-state index in [9.17, 15) is 0 Å². The van der Waals surface area contributed by atoms with Gasteiger partial charge in [-0.1, -0.05) is 0 Å². The predicted molar refractivity (Wildman–Crippen MR) is 39.6 cm³/mol. The van der Waals surface area contributed by atoms with Crippen molar-refractivity contribution >= 4 is 15.9 Å². The summed E-state index contributed by atoms with van der Waals surface area (Å²) in [7, 11) is 1.92. The third kappa shape index (κ3) is 0.973. The van der Waals surface area contributed by atoms with Gasteiger partial charge in [0.05, 0.1) is 12.3 Å². The smallest absolute Gasteiger partial charge is 0.128 e. The Morgan fingerprint density at radius 2 is 2.60 bits per heavy atom. The highest BCUT2D eigenvalue weighted by Crippen LogP contribution is 2.30. The van der Waals surface area contributed by atoms with Gasteiger partial charge in [0, 0.05) is 7.05 Å². The van der Waals surface area contributed by atoms with Gasteiger partial charge in [-0.3, -0.25) is 4.68 Å². The first kappa shape index (κ1) is 6.37. The number of nitrogens with zero attached hydrogens (tertiary/aromatic N) is 2. The molecule has 54 valence electrons. The summed E-state index contributed by atoms with van der Waals surface area (Å²) in [6.07, 6.45) is 0.295. The number of aryl methyl sites for hydroxylation is 1. The van der Waals surface area contributed by atoms with Gasteiger partial charge >= 0.3 is 0 Å². The van der Waals surface area contributed by atoms with E-state index in [1.165, 1.54) is 0 Å². The lowest BCUT2D eigenvalue weighted by atomic mass is 10.3. The number of hydrogen-bond donors (Lipinski definition) is 0. The summed E-state index contributed by atoms with van der Waals surface area (Å²) in [5.41, 5.74) is 1.15. The van der Waals surface area contributed by atoms with Gasteiger partial charge in [0.15, 0.2) is 0 Å². The zero-order valence-corrected chi connectivity index (χ0v) is 7.13. The monoisotopic (exact) mass is 202 g/mol. The molecule has 1 aliphatic heterocycles. The molecule has 0 radical (unpaired) electrons. The highest BCUT2D eigenvalue weighted by atomic mass is 79.9. The van der Waals surface area contributed by atoms with E-state index in [2.05, 4.69) is 21.0 Å². The van der Waals surface area contributed by atoms with Crippen molar-refractivity contribution in [2.45, 2.75) is 6.10 Å². The summed E-state index contributed by atoms with van der Waals surface area (Å²) < 4.78 is 7.82. The highest BCUT2D eigenvalue weighted by molar-refractivity contribution is 9.10. The maximum absolute atomic E-state index is 5.11. The molecule has 1 saturated heterocycles. The van der Waals surface area contributed by atoms with Gasteiger partial charge in [0.1, 0.15) is 10.7 Å². The van der Waals surface area contributed by atoms with Gasteiger partial charge in [-0.05, 0) is 22.0 Å². The van der Waals surface area contributed by atoms with E-state index in [1.54, 1.807) is 0 Å². The second kappa shape index (κ2) is 2.07. The average Bonchev–Trinajstić information content (AvgIpc) is 2.61. The van der Waals surface area contributed by atoms with Crippen LogP contribution in [0.15, 0.2) is 10.7 Å². The number of aromatic nitrogens is 2. The van der Waals surface area contributed by atoms with Gasteiger partial charge in [0.2, 0.25) is 0 Å². The Balaban J connectivity index is 2.38. The third-order valence-corrected chi connectivity index (χ3v) is 1.94. The van der Waals surface area contributed by atoms with Crippen LogP contribution in [-0.2, 0) is 11.8 Å². The molecule has 0 spiro atoms. The molecular weight excluding hydrogens is 196 g/mol. The SMILES string of the molecule is Cn1nc(Br)cc1[C@H]1CO1. The fourth-order valence-corrected chi connectivity index (χ4v) is 1.44. The standard InChI is InChI=1S/C6H7BrN2O/c1-9-4(5-3-10-5)2-6(7)8-9/h2,5H,3H2,1H3/t5-/m1/s1. The summed E-state index contributed by atoms with van der Waals surface area (Å²) in [5, 5.41) is 4.13. The first-order valence-electron chi connectivity index (χ1n) is 3.08. The second-order valence-corrected chi connectivity index (χ2v) is 3.15. The predicted octanol–water partition coefficient (Wildman–Crippen LogP) is 1.25. The van der Waals surface area contributed by atoms with Crippen molar-refractivity contribution in [1.29, 1.82) is 0 Å². The Labute approximate surface area is 67.1 Å². The van der Waals surface area contributed by atoms with Crippen LogP contribution >= 0.6 is 15.9 Å². The van der Waals surface area contributed by atoms with Gasteiger partial charge < -0.3 is 4.74 Å². The number of rotatable bonds is 1. The van der Waals surface area contributed by atoms with Crippen LogP contribution in [0, 0.1) is 0 Å². The Morgan fingerprint density at radius 1 is 1.90 bits per heavy atom. The van der Waals surface area contributed by atoms with Crippen LogP contribution in [-0.4, -0.2) is 16.4 Å². The summed E-state index contributed by atoms with van der Waals surface area (Å²) in [4.78, 5) is 0. The van der Waals surface area contributed by atoms with Gasteiger partial charge in [-0.25, -0.2) is 0 Å². The minimum atomic E-state index is 0.295. The lowest BCUT2D eigenvalue weighted by molar-refractivity contribution is 0.404. The molecular formula is C6H7BrN2O. The van der Waals surface area contributed by atoms with Crippen LogP contribution in [0.5, 0.6) is 0 Å². The lowest BCUT2D eigenvalue weighted by Crippen LogP contribution is -1.95. The molecule has 1 aromatic heterocycles. The van der Waals surface area contributed by atoms with Gasteiger partial charge in [-0.2, -0.15) is 5.10 Å². The summed E-state index contributed by atoms with van der Waals surface area (Å²) in [5.74, 6) is 0. The molecule has 10 heavy (non-hydrogen) atoms. The molecule has 0 bridgehead atoms. The first-order chi connectivity index (χ1) is 4.77.